The van der Waals surface area contributed by atoms with E-state index in [2.05, 4.69) is 34.2 Å². The van der Waals surface area contributed by atoms with Gasteiger partial charge in [-0.15, -0.1) is 11.8 Å². The van der Waals surface area contributed by atoms with Crippen LogP contribution in [0.25, 0.3) is 0 Å². The van der Waals surface area contributed by atoms with Gasteiger partial charge in [-0.1, -0.05) is 49.1 Å². The normalized spacial score (nSPS) is 14.8. The van der Waals surface area contributed by atoms with Crippen molar-refractivity contribution in [1.29, 1.82) is 5.26 Å². The number of aliphatic imine (C=N–C) groups is 1. The molecule has 0 unspecified atom stereocenters. The molecule has 0 amide bonds. The lowest BCUT2D eigenvalue weighted by atomic mass is 10.2. The van der Waals surface area contributed by atoms with Crippen LogP contribution in [-0.4, -0.2) is 40.5 Å². The van der Waals surface area contributed by atoms with Gasteiger partial charge in [0.05, 0.1) is 0 Å². The van der Waals surface area contributed by atoms with E-state index in [1.54, 1.807) is 11.2 Å². The van der Waals surface area contributed by atoms with Gasteiger partial charge in [0.15, 0.2) is 5.82 Å². The van der Waals surface area contributed by atoms with Crippen molar-refractivity contribution in [1.82, 2.24) is 9.91 Å². The molecule has 1 rings (SSSR count). The summed E-state index contributed by atoms with van der Waals surface area (Å²) in [4.78, 5) is 6.51. The summed E-state index contributed by atoms with van der Waals surface area (Å²) in [7, 11) is 0. The summed E-state index contributed by atoms with van der Waals surface area (Å²) in [6.07, 6.45) is 13.6. The zero-order valence-electron chi connectivity index (χ0n) is 17.4. The van der Waals surface area contributed by atoms with E-state index < -0.39 is 0 Å². The minimum atomic E-state index is 0.479. The van der Waals surface area contributed by atoms with Gasteiger partial charge in [0.1, 0.15) is 22.5 Å². The van der Waals surface area contributed by atoms with E-state index in [1.165, 1.54) is 17.3 Å². The molecule has 0 spiro atoms. The lowest BCUT2D eigenvalue weighted by molar-refractivity contribution is 0.274. The van der Waals surface area contributed by atoms with E-state index in [0.29, 0.717) is 35.3 Å². The zero-order chi connectivity index (χ0) is 21.1. The van der Waals surface area contributed by atoms with E-state index >= 15 is 0 Å². The van der Waals surface area contributed by atoms with E-state index in [-0.39, 0.29) is 0 Å². The first-order chi connectivity index (χ1) is 13.4. The smallest absolute Gasteiger partial charge is 0.153 e. The number of hydrogen-bond donors (Lipinski definition) is 0. The molecule has 0 aromatic heterocycles. The van der Waals surface area contributed by atoms with Crippen LogP contribution in [0.1, 0.15) is 27.7 Å². The van der Waals surface area contributed by atoms with E-state index in [9.17, 15) is 5.26 Å². The predicted octanol–water partition coefficient (Wildman–Crippen LogP) is 5.23. The van der Waals surface area contributed by atoms with Crippen molar-refractivity contribution in [3.05, 3.63) is 71.9 Å². The summed E-state index contributed by atoms with van der Waals surface area (Å²) in [5.41, 5.74) is 2.62. The molecule has 0 fully saturated rings. The first-order valence-corrected chi connectivity index (χ1v) is 10.2. The van der Waals surface area contributed by atoms with Gasteiger partial charge in [0, 0.05) is 19.3 Å². The molecule has 0 aromatic carbocycles. The Morgan fingerprint density at radius 3 is 2.64 bits per heavy atom. The third-order valence-corrected chi connectivity index (χ3v) is 4.35. The summed E-state index contributed by atoms with van der Waals surface area (Å²) >= 11 is 1.42. The Kier molecular flexibility index (Phi) is 9.83. The first kappa shape index (κ1) is 23.3. The second kappa shape index (κ2) is 11.8. The predicted molar refractivity (Wildman–Crippen MR) is 123 cm³/mol. The van der Waals surface area contributed by atoms with Crippen LogP contribution in [0, 0.1) is 11.3 Å². The Hall–Kier alpha value is -2.78. The first-order valence-electron chi connectivity index (χ1n) is 9.00. The van der Waals surface area contributed by atoms with Gasteiger partial charge in [0.25, 0.3) is 0 Å². The van der Waals surface area contributed by atoms with E-state index in [4.69, 9.17) is 0 Å². The topological polar surface area (TPSA) is 55.0 Å². The number of hydrogen-bond acceptors (Lipinski definition) is 6. The SMILES string of the molecule is C=C(/C=C\C=C(C)C)CN(C/C=C/C)C1=C(C#N)C(SC)=NC(=C)N1/N=C\C. The molecule has 0 aromatic rings. The minimum absolute atomic E-state index is 0.479. The molecule has 1 heterocycles. The lowest BCUT2D eigenvalue weighted by Gasteiger charge is -2.35. The van der Waals surface area contributed by atoms with Crippen LogP contribution >= 0.6 is 11.8 Å². The number of nitriles is 1. The molecular weight excluding hydrogens is 366 g/mol. The third-order valence-electron chi connectivity index (χ3n) is 3.67. The quantitative estimate of drug-likeness (QED) is 0.321. The second-order valence-corrected chi connectivity index (χ2v) is 7.04. The van der Waals surface area contributed by atoms with Gasteiger partial charge in [-0.25, -0.2) is 4.99 Å². The van der Waals surface area contributed by atoms with Crippen molar-refractivity contribution in [3.63, 3.8) is 0 Å². The van der Waals surface area contributed by atoms with Crippen LogP contribution in [0.2, 0.25) is 0 Å². The number of allylic oxidation sites excluding steroid dienone is 4. The summed E-state index contributed by atoms with van der Waals surface area (Å²) in [5.74, 6) is 1.15. The molecule has 0 saturated carbocycles. The summed E-state index contributed by atoms with van der Waals surface area (Å²) in [5, 5.41) is 16.5. The van der Waals surface area contributed by atoms with Crippen LogP contribution in [0.5, 0.6) is 0 Å². The van der Waals surface area contributed by atoms with Gasteiger partial charge in [-0.05, 0) is 39.5 Å². The Morgan fingerprint density at radius 1 is 1.39 bits per heavy atom. The molecule has 0 aliphatic carbocycles. The van der Waals surface area contributed by atoms with Crippen molar-refractivity contribution < 1.29 is 0 Å². The largest absolute Gasteiger partial charge is 0.347 e. The maximum atomic E-state index is 9.85. The highest BCUT2D eigenvalue weighted by molar-refractivity contribution is 8.13. The fourth-order valence-electron chi connectivity index (χ4n) is 2.45. The maximum absolute atomic E-state index is 9.85. The Bertz CT molecular complexity index is 814. The van der Waals surface area contributed by atoms with Gasteiger partial charge in [-0.3, -0.25) is 0 Å². The molecule has 5 nitrogen and oxygen atoms in total. The molecule has 0 atom stereocenters. The molecule has 0 saturated heterocycles. The number of thioether (sulfide) groups is 1. The highest BCUT2D eigenvalue weighted by Crippen LogP contribution is 2.30. The highest BCUT2D eigenvalue weighted by Gasteiger charge is 2.29. The monoisotopic (exact) mass is 395 g/mol. The van der Waals surface area contributed by atoms with Crippen LogP contribution in [0.15, 0.2) is 82.0 Å². The summed E-state index contributed by atoms with van der Waals surface area (Å²) < 4.78 is 0. The van der Waals surface area contributed by atoms with Gasteiger partial charge < -0.3 is 4.90 Å². The maximum Gasteiger partial charge on any atom is 0.153 e. The van der Waals surface area contributed by atoms with Gasteiger partial charge in [-0.2, -0.15) is 15.4 Å². The van der Waals surface area contributed by atoms with E-state index in [0.717, 1.165) is 5.57 Å². The fraction of sp³-hybridized carbons (Fsp3) is 0.318. The highest BCUT2D eigenvalue weighted by atomic mass is 32.2. The standard InChI is InChI=1S/C22H29N5S/c1-8-10-14-26(16-18(5)13-11-12-17(3)4)22-20(15-23)21(28-7)25-19(6)27(22)24-9-2/h8-13H,5-6,14,16H2,1-4,7H3/b10-8+,13-11-,24-9-. The molecule has 148 valence electrons. The molecule has 0 radical (unpaired) electrons. The average molecular weight is 396 g/mol. The van der Waals surface area contributed by atoms with Crippen molar-refractivity contribution in [2.45, 2.75) is 27.7 Å². The van der Waals surface area contributed by atoms with Crippen molar-refractivity contribution in [2.75, 3.05) is 19.3 Å². The van der Waals surface area contributed by atoms with Crippen LogP contribution in [0.4, 0.5) is 0 Å². The van der Waals surface area contributed by atoms with E-state index in [1.807, 2.05) is 64.3 Å². The number of hydrazone groups is 1. The fourth-order valence-corrected chi connectivity index (χ4v) is 2.99. The zero-order valence-corrected chi connectivity index (χ0v) is 18.3. The van der Waals surface area contributed by atoms with Crippen LogP contribution in [0.3, 0.4) is 0 Å². The van der Waals surface area contributed by atoms with Gasteiger partial charge >= 0.3 is 0 Å². The average Bonchev–Trinajstić information content (AvgIpc) is 2.65. The Morgan fingerprint density at radius 2 is 2.11 bits per heavy atom. The number of nitrogens with zero attached hydrogens (tertiary/aromatic N) is 5. The lowest BCUT2D eigenvalue weighted by Crippen LogP contribution is -2.37. The minimum Gasteiger partial charge on any atom is -0.347 e. The Balaban J connectivity index is 3.42. The third kappa shape index (κ3) is 6.43. The summed E-state index contributed by atoms with van der Waals surface area (Å²) in [6.45, 7) is 17.2. The molecule has 6 heteroatoms. The van der Waals surface area contributed by atoms with Crippen LogP contribution in [-0.2, 0) is 0 Å². The van der Waals surface area contributed by atoms with Crippen molar-refractivity contribution >= 4 is 23.0 Å². The summed E-state index contributed by atoms with van der Waals surface area (Å²) in [6, 6.07) is 2.30. The molecular formula is C22H29N5S. The van der Waals surface area contributed by atoms with Crippen molar-refractivity contribution in [3.8, 4) is 6.07 Å². The molecule has 28 heavy (non-hydrogen) atoms. The van der Waals surface area contributed by atoms with Crippen molar-refractivity contribution in [2.24, 2.45) is 10.1 Å². The molecule has 1 aliphatic heterocycles. The van der Waals surface area contributed by atoms with Gasteiger partial charge in [0.2, 0.25) is 0 Å². The molecule has 0 bridgehead atoms. The molecule has 0 N–H and O–H groups in total. The Labute approximate surface area is 173 Å². The van der Waals surface area contributed by atoms with Crippen LogP contribution < -0.4 is 0 Å². The molecule has 1 aliphatic rings. The number of rotatable bonds is 8. The second-order valence-electron chi connectivity index (χ2n) is 6.24.